The molecule has 2 aliphatic heterocycles. The van der Waals surface area contributed by atoms with Gasteiger partial charge < -0.3 is 44.6 Å². The predicted molar refractivity (Wildman–Crippen MR) is 244 cm³/mol. The summed E-state index contributed by atoms with van der Waals surface area (Å²) in [5.41, 5.74) is 5.64. The number of hydrogen-bond acceptors (Lipinski definition) is 9. The molecule has 4 heterocycles. The van der Waals surface area contributed by atoms with Crippen LogP contribution in [0.2, 0.25) is 0 Å². The molecule has 3 aliphatic rings. The van der Waals surface area contributed by atoms with Gasteiger partial charge in [-0.1, -0.05) is 89.2 Å². The van der Waals surface area contributed by atoms with E-state index in [1.807, 2.05) is 49.8 Å². The first kappa shape index (κ1) is 44.4. The summed E-state index contributed by atoms with van der Waals surface area (Å²) in [5, 5.41) is 7.51. The van der Waals surface area contributed by atoms with Crippen LogP contribution in [0.15, 0.2) is 72.9 Å². The van der Waals surface area contributed by atoms with Gasteiger partial charge in [0.1, 0.15) is 23.7 Å². The number of benzene rings is 3. The Morgan fingerprint density at radius 3 is 2.11 bits per heavy atom. The van der Waals surface area contributed by atoms with Gasteiger partial charge >= 0.3 is 12.2 Å². The molecule has 0 radical (unpaired) electrons. The second-order valence-electron chi connectivity index (χ2n) is 18.3. The van der Waals surface area contributed by atoms with Gasteiger partial charge in [0.2, 0.25) is 11.8 Å². The third kappa shape index (κ3) is 9.08. The lowest BCUT2D eigenvalue weighted by Crippen LogP contribution is -2.51. The van der Waals surface area contributed by atoms with E-state index >= 15 is 0 Å². The summed E-state index contributed by atoms with van der Waals surface area (Å²) in [5.74, 6) is 1.56. The number of allylic oxidation sites excluding steroid dienone is 1. The number of aromatic amines is 2. The van der Waals surface area contributed by atoms with E-state index in [0.29, 0.717) is 50.3 Å². The van der Waals surface area contributed by atoms with Gasteiger partial charge in [0.25, 0.3) is 0 Å². The fourth-order valence-corrected chi connectivity index (χ4v) is 9.39. The molecule has 338 valence electrons. The first-order valence-corrected chi connectivity index (χ1v) is 22.5. The lowest BCUT2D eigenvalue weighted by Gasteiger charge is -2.31. The van der Waals surface area contributed by atoms with E-state index in [1.165, 1.54) is 14.2 Å². The van der Waals surface area contributed by atoms with Crippen LogP contribution in [0.25, 0.3) is 44.2 Å². The number of fused-ring (bicyclic) bond motifs is 3. The summed E-state index contributed by atoms with van der Waals surface area (Å²) in [7, 11) is 2.59. The van der Waals surface area contributed by atoms with Gasteiger partial charge in [-0.25, -0.2) is 19.6 Å². The van der Waals surface area contributed by atoms with E-state index in [1.54, 1.807) is 0 Å². The van der Waals surface area contributed by atoms with E-state index in [2.05, 4.69) is 88.2 Å². The van der Waals surface area contributed by atoms with Gasteiger partial charge in [-0.3, -0.25) is 9.59 Å². The van der Waals surface area contributed by atoms with Crippen LogP contribution in [0.5, 0.6) is 0 Å². The number of amides is 4. The highest BCUT2D eigenvalue weighted by Crippen LogP contribution is 2.40. The molecule has 15 heteroatoms. The minimum Gasteiger partial charge on any atom is -0.453 e. The molecule has 4 N–H and O–H groups in total. The molecule has 0 spiro atoms. The SMILES string of the molecule is COC(=O)NC(C(=O)N1CC(COCC2C=CC2)CC1c1nc2c(ccc3cc(-c4ccc(-c5cnc(C6C(C)CCN6C(=O)C(NC(=O)OC)C(C)C)[nH]5)cc4)ccc32)[nH]1)C(C)C. The molecule has 0 bridgehead atoms. The number of rotatable bonds is 14. The zero-order chi connectivity index (χ0) is 45.2. The van der Waals surface area contributed by atoms with Crippen LogP contribution in [0.1, 0.15) is 77.6 Å². The van der Waals surface area contributed by atoms with Crippen LogP contribution in [0, 0.1) is 29.6 Å². The number of alkyl carbamates (subject to hydrolysis) is 2. The molecule has 4 amide bonds. The molecule has 7 unspecified atom stereocenters. The molecule has 2 fully saturated rings. The predicted octanol–water partition coefficient (Wildman–Crippen LogP) is 7.93. The maximum Gasteiger partial charge on any atom is 0.407 e. The first-order chi connectivity index (χ1) is 30.8. The van der Waals surface area contributed by atoms with Gasteiger partial charge in [0.15, 0.2) is 0 Å². The summed E-state index contributed by atoms with van der Waals surface area (Å²) in [4.78, 5) is 73.0. The number of carbonyl (C=O) groups excluding carboxylic acids is 4. The average Bonchev–Trinajstić information content (AvgIpc) is 4.10. The normalized spacial score (nSPS) is 21.7. The smallest absolute Gasteiger partial charge is 0.407 e. The number of aromatic nitrogens is 4. The second kappa shape index (κ2) is 18.9. The zero-order valence-electron chi connectivity index (χ0n) is 37.7. The highest BCUT2D eigenvalue weighted by Gasteiger charge is 2.43. The third-order valence-corrected chi connectivity index (χ3v) is 13.2. The molecular weight excluding hydrogens is 813 g/mol. The molecule has 2 saturated heterocycles. The number of imidazole rings is 2. The molecule has 8 rings (SSSR count). The highest BCUT2D eigenvalue weighted by atomic mass is 16.5. The molecule has 5 aromatic rings. The summed E-state index contributed by atoms with van der Waals surface area (Å²) >= 11 is 0. The Hall–Kier alpha value is -6.22. The van der Waals surface area contributed by atoms with E-state index < -0.39 is 24.3 Å². The van der Waals surface area contributed by atoms with Crippen molar-refractivity contribution in [2.24, 2.45) is 29.6 Å². The van der Waals surface area contributed by atoms with Crippen molar-refractivity contribution in [2.75, 3.05) is 40.5 Å². The number of H-pyrrole nitrogens is 2. The third-order valence-electron chi connectivity index (χ3n) is 13.2. The second-order valence-corrected chi connectivity index (χ2v) is 18.3. The number of methoxy groups -OCH3 is 2. The van der Waals surface area contributed by atoms with Crippen LogP contribution >= 0.6 is 0 Å². The summed E-state index contributed by atoms with van der Waals surface area (Å²) in [6.45, 7) is 12.0. The van der Waals surface area contributed by atoms with Crippen LogP contribution < -0.4 is 10.6 Å². The Bertz CT molecular complexity index is 2530. The van der Waals surface area contributed by atoms with Crippen molar-refractivity contribution in [3.63, 3.8) is 0 Å². The summed E-state index contributed by atoms with van der Waals surface area (Å²) in [6, 6.07) is 16.8. The molecule has 3 aromatic carbocycles. The number of ether oxygens (including phenoxy) is 3. The van der Waals surface area contributed by atoms with E-state index in [0.717, 1.165) is 57.0 Å². The number of carbonyl (C=O) groups is 4. The van der Waals surface area contributed by atoms with Crippen molar-refractivity contribution in [3.05, 3.63) is 84.6 Å². The minimum absolute atomic E-state index is 0.107. The molecule has 2 aromatic heterocycles. The topological polar surface area (TPSA) is 184 Å². The monoisotopic (exact) mass is 872 g/mol. The minimum atomic E-state index is -0.754. The molecule has 64 heavy (non-hydrogen) atoms. The average molecular weight is 873 g/mol. The Balaban J connectivity index is 1.00. The van der Waals surface area contributed by atoms with Crippen LogP contribution in [-0.4, -0.2) is 106 Å². The van der Waals surface area contributed by atoms with Gasteiger partial charge in [-0.2, -0.15) is 0 Å². The summed E-state index contributed by atoms with van der Waals surface area (Å²) in [6.07, 6.45) is 7.41. The highest BCUT2D eigenvalue weighted by molar-refractivity contribution is 6.05. The van der Waals surface area contributed by atoms with Crippen molar-refractivity contribution in [2.45, 2.75) is 78.0 Å². The first-order valence-electron chi connectivity index (χ1n) is 22.5. The number of nitrogens with zero attached hydrogens (tertiary/aromatic N) is 4. The largest absolute Gasteiger partial charge is 0.453 e. The van der Waals surface area contributed by atoms with Gasteiger partial charge in [0.05, 0.1) is 62.4 Å². The lowest BCUT2D eigenvalue weighted by molar-refractivity contribution is -0.136. The van der Waals surface area contributed by atoms with Gasteiger partial charge in [0, 0.05) is 30.3 Å². The maximum atomic E-state index is 14.2. The standard InChI is InChI=1S/C49H60N8O7/c1-27(2)40(54-48(60)62-6)46(58)56-20-19-29(5)43(56)45-50-23-38(52-45)33-13-11-32(12-14-33)34-15-17-36-35(22-34)16-18-37-42(36)53-44(51-37)39-21-31(26-64-25-30-9-8-10-30)24-57(39)47(59)41(28(3)4)55-49(61)63-7/h8-9,11-18,22-23,27-31,39-41,43H,10,19-21,24-26H2,1-7H3,(H,50,52)(H,51,53)(H,54,60)(H,55,61). The van der Waals surface area contributed by atoms with E-state index in [9.17, 15) is 19.2 Å². The fraction of sp³-hybridized carbons (Fsp3) is 0.469. The molecule has 1 aliphatic carbocycles. The van der Waals surface area contributed by atoms with E-state index in [-0.39, 0.29) is 47.6 Å². The number of nitrogens with one attached hydrogen (secondary N) is 4. The Labute approximate surface area is 373 Å². The van der Waals surface area contributed by atoms with E-state index in [4.69, 9.17) is 24.2 Å². The van der Waals surface area contributed by atoms with Gasteiger partial charge in [-0.15, -0.1) is 0 Å². The van der Waals surface area contributed by atoms with Crippen molar-refractivity contribution in [1.29, 1.82) is 0 Å². The summed E-state index contributed by atoms with van der Waals surface area (Å²) < 4.78 is 15.8. The van der Waals surface area contributed by atoms with Crippen LogP contribution in [0.4, 0.5) is 9.59 Å². The number of hydrogen-bond donors (Lipinski definition) is 4. The Morgan fingerprint density at radius 2 is 1.47 bits per heavy atom. The Morgan fingerprint density at radius 1 is 0.812 bits per heavy atom. The fourth-order valence-electron chi connectivity index (χ4n) is 9.39. The van der Waals surface area contributed by atoms with Gasteiger partial charge in [-0.05, 0) is 71.2 Å². The molecule has 0 saturated carbocycles. The number of likely N-dealkylation sites (tertiary alicyclic amines) is 2. The maximum absolute atomic E-state index is 14.2. The zero-order valence-corrected chi connectivity index (χ0v) is 37.7. The quantitative estimate of drug-likeness (QED) is 0.0805. The Kier molecular flexibility index (Phi) is 13.1. The van der Waals surface area contributed by atoms with Crippen molar-refractivity contribution in [1.82, 2.24) is 40.4 Å². The molecular formula is C49H60N8O7. The molecule has 15 nitrogen and oxygen atoms in total. The van der Waals surface area contributed by atoms with Crippen molar-refractivity contribution in [3.8, 4) is 22.4 Å². The van der Waals surface area contributed by atoms with Crippen LogP contribution in [0.3, 0.4) is 0 Å². The molecule has 7 atom stereocenters. The van der Waals surface area contributed by atoms with Crippen molar-refractivity contribution < 1.29 is 33.4 Å². The van der Waals surface area contributed by atoms with Crippen molar-refractivity contribution >= 4 is 45.8 Å². The van der Waals surface area contributed by atoms with Crippen LogP contribution in [-0.2, 0) is 23.8 Å². The lowest BCUT2D eigenvalue weighted by atomic mass is 9.96.